The fourth-order valence-corrected chi connectivity index (χ4v) is 3.50. The van der Waals surface area contributed by atoms with E-state index in [0.29, 0.717) is 12.3 Å². The summed E-state index contributed by atoms with van der Waals surface area (Å²) >= 11 is 0. The van der Waals surface area contributed by atoms with Crippen molar-refractivity contribution in [2.24, 2.45) is 5.92 Å². The maximum atomic E-state index is 11.2. The van der Waals surface area contributed by atoms with Gasteiger partial charge < -0.3 is 15.4 Å². The molecule has 2 aromatic heterocycles. The molecular formula is C16H23N5O4. The Morgan fingerprint density at radius 3 is 2.72 bits per heavy atom. The van der Waals surface area contributed by atoms with E-state index < -0.39 is 5.97 Å². The third-order valence-corrected chi connectivity index (χ3v) is 4.83. The van der Waals surface area contributed by atoms with Crippen LogP contribution in [-0.4, -0.2) is 31.5 Å². The van der Waals surface area contributed by atoms with Gasteiger partial charge in [-0.15, -0.1) is 0 Å². The third-order valence-electron chi connectivity index (χ3n) is 4.83. The second kappa shape index (κ2) is 8.09. The molecule has 0 saturated heterocycles. The number of aliphatic carboxylic acids is 1. The number of hydrogen-bond acceptors (Lipinski definition) is 8. The topological polar surface area (TPSA) is 141 Å². The molecule has 0 spiro atoms. The largest absolute Gasteiger partial charge is 0.481 e. The molecule has 136 valence electrons. The second-order valence-corrected chi connectivity index (χ2v) is 6.68. The summed E-state index contributed by atoms with van der Waals surface area (Å²) in [6.45, 7) is 0. The van der Waals surface area contributed by atoms with Gasteiger partial charge in [0, 0.05) is 5.92 Å². The first-order valence-corrected chi connectivity index (χ1v) is 8.77. The number of nitrogen functional groups attached to an aromatic ring is 1. The molecule has 0 aromatic carbocycles. The van der Waals surface area contributed by atoms with Gasteiger partial charge in [-0.25, -0.2) is 4.63 Å². The average Bonchev–Trinajstić information content (AvgIpc) is 3.23. The summed E-state index contributed by atoms with van der Waals surface area (Å²) in [4.78, 5) is 15.4. The number of carboxylic acid groups (broad SMARTS) is 1. The van der Waals surface area contributed by atoms with Crippen molar-refractivity contribution in [2.75, 3.05) is 5.73 Å². The van der Waals surface area contributed by atoms with Crippen molar-refractivity contribution >= 4 is 11.8 Å². The highest BCUT2D eigenvalue weighted by atomic mass is 16.6. The molecule has 0 amide bonds. The highest BCUT2D eigenvalue weighted by molar-refractivity contribution is 5.68. The van der Waals surface area contributed by atoms with Gasteiger partial charge in [0.25, 0.3) is 0 Å². The fraction of sp³-hybridized carbons (Fsp3) is 0.688. The molecule has 0 radical (unpaired) electrons. The van der Waals surface area contributed by atoms with Crippen LogP contribution in [0.2, 0.25) is 0 Å². The third kappa shape index (κ3) is 4.55. The molecule has 9 nitrogen and oxygen atoms in total. The Morgan fingerprint density at radius 1 is 1.24 bits per heavy atom. The highest BCUT2D eigenvalue weighted by Gasteiger charge is 2.25. The van der Waals surface area contributed by atoms with Gasteiger partial charge in [-0.3, -0.25) is 4.79 Å². The minimum Gasteiger partial charge on any atom is -0.481 e. The Balaban J connectivity index is 1.63. The normalized spacial score (nSPS) is 16.8. The first-order chi connectivity index (χ1) is 12.1. The Labute approximate surface area is 144 Å². The van der Waals surface area contributed by atoms with Crippen molar-refractivity contribution in [1.82, 2.24) is 20.5 Å². The van der Waals surface area contributed by atoms with E-state index in [1.54, 1.807) is 0 Å². The molecule has 3 N–H and O–H groups in total. The van der Waals surface area contributed by atoms with Crippen molar-refractivity contribution < 1.29 is 19.1 Å². The number of nitrogens with zero attached hydrogens (tertiary/aromatic N) is 4. The lowest BCUT2D eigenvalue weighted by Crippen LogP contribution is -2.10. The number of aromatic nitrogens is 4. The molecule has 2 heterocycles. The van der Waals surface area contributed by atoms with Gasteiger partial charge in [0.1, 0.15) is 0 Å². The summed E-state index contributed by atoms with van der Waals surface area (Å²) in [5.74, 6) is 0.0891. The van der Waals surface area contributed by atoms with Crippen LogP contribution in [-0.2, 0) is 4.79 Å². The molecule has 1 aliphatic carbocycles. The zero-order valence-electron chi connectivity index (χ0n) is 14.1. The summed E-state index contributed by atoms with van der Waals surface area (Å²) in [6, 6.07) is 0. The van der Waals surface area contributed by atoms with Gasteiger partial charge in [0.05, 0.1) is 6.42 Å². The van der Waals surface area contributed by atoms with Gasteiger partial charge >= 0.3 is 5.97 Å². The zero-order chi connectivity index (χ0) is 17.6. The van der Waals surface area contributed by atoms with Crippen molar-refractivity contribution in [3.8, 4) is 11.5 Å². The zero-order valence-corrected chi connectivity index (χ0v) is 14.1. The lowest BCUT2D eigenvalue weighted by molar-refractivity contribution is -0.137. The van der Waals surface area contributed by atoms with E-state index >= 15 is 0 Å². The Kier molecular flexibility index (Phi) is 5.62. The lowest BCUT2D eigenvalue weighted by atomic mass is 9.84. The van der Waals surface area contributed by atoms with Crippen LogP contribution in [0.1, 0.15) is 69.6 Å². The highest BCUT2D eigenvalue weighted by Crippen LogP contribution is 2.31. The van der Waals surface area contributed by atoms with Gasteiger partial charge in [-0.1, -0.05) is 50.1 Å². The summed E-state index contributed by atoms with van der Waals surface area (Å²) in [5.41, 5.74) is 5.82. The van der Waals surface area contributed by atoms with E-state index in [1.807, 2.05) is 0 Å². The fourth-order valence-electron chi connectivity index (χ4n) is 3.50. The maximum Gasteiger partial charge on any atom is 0.304 e. The van der Waals surface area contributed by atoms with Crippen LogP contribution >= 0.6 is 0 Å². The first kappa shape index (κ1) is 17.4. The van der Waals surface area contributed by atoms with Crippen LogP contribution in [0.15, 0.2) is 9.15 Å². The van der Waals surface area contributed by atoms with Crippen LogP contribution < -0.4 is 5.73 Å². The van der Waals surface area contributed by atoms with E-state index in [1.165, 1.54) is 32.1 Å². The smallest absolute Gasteiger partial charge is 0.304 e. The van der Waals surface area contributed by atoms with E-state index in [4.69, 9.17) is 10.3 Å². The summed E-state index contributed by atoms with van der Waals surface area (Å²) < 4.78 is 9.78. The number of carboxylic acids is 1. The van der Waals surface area contributed by atoms with E-state index in [-0.39, 0.29) is 29.7 Å². The number of rotatable bonds is 8. The summed E-state index contributed by atoms with van der Waals surface area (Å²) in [7, 11) is 0. The standard InChI is InChI=1S/C16H23N5O4/c17-14-13(19-25-20-14)15-18-16(24-21-15)11(9-12(22)23)8-4-7-10-5-2-1-3-6-10/h10-11H,1-9H2,(H2,17,20)(H,22,23)/t11-/m1/s1. The molecule has 25 heavy (non-hydrogen) atoms. The predicted molar refractivity (Wildman–Crippen MR) is 87.4 cm³/mol. The van der Waals surface area contributed by atoms with Crippen molar-refractivity contribution in [1.29, 1.82) is 0 Å². The Hall–Kier alpha value is -2.45. The van der Waals surface area contributed by atoms with E-state index in [9.17, 15) is 9.90 Å². The van der Waals surface area contributed by atoms with Crippen LogP contribution in [0.5, 0.6) is 0 Å². The molecule has 1 atom stereocenters. The molecule has 1 fully saturated rings. The molecule has 9 heteroatoms. The SMILES string of the molecule is Nc1nonc1-c1noc([C@H](CCCC2CCCCC2)CC(=O)O)n1. The maximum absolute atomic E-state index is 11.2. The quantitative estimate of drug-likeness (QED) is 0.735. The minimum atomic E-state index is -0.884. The van der Waals surface area contributed by atoms with Gasteiger partial charge in [-0.05, 0) is 22.7 Å². The molecule has 0 bridgehead atoms. The number of carbonyl (C=O) groups is 1. The second-order valence-electron chi connectivity index (χ2n) is 6.68. The Bertz CT molecular complexity index is 692. The Morgan fingerprint density at radius 2 is 2.04 bits per heavy atom. The van der Waals surface area contributed by atoms with Crippen LogP contribution in [0.25, 0.3) is 11.5 Å². The molecule has 3 rings (SSSR count). The van der Waals surface area contributed by atoms with Crippen molar-refractivity contribution in [3.05, 3.63) is 5.89 Å². The van der Waals surface area contributed by atoms with Crippen LogP contribution in [0.4, 0.5) is 5.82 Å². The number of anilines is 1. The average molecular weight is 349 g/mol. The van der Waals surface area contributed by atoms with Gasteiger partial charge in [0.2, 0.25) is 11.7 Å². The predicted octanol–water partition coefficient (Wildman–Crippen LogP) is 3.01. The van der Waals surface area contributed by atoms with Crippen LogP contribution in [0, 0.1) is 5.92 Å². The molecule has 1 aliphatic rings. The lowest BCUT2D eigenvalue weighted by Gasteiger charge is -2.21. The molecule has 0 unspecified atom stereocenters. The molecular weight excluding hydrogens is 326 g/mol. The monoisotopic (exact) mass is 349 g/mol. The van der Waals surface area contributed by atoms with Crippen molar-refractivity contribution in [2.45, 2.75) is 63.7 Å². The first-order valence-electron chi connectivity index (χ1n) is 8.77. The van der Waals surface area contributed by atoms with Crippen LogP contribution in [0.3, 0.4) is 0 Å². The van der Waals surface area contributed by atoms with E-state index in [0.717, 1.165) is 18.8 Å². The van der Waals surface area contributed by atoms with Gasteiger partial charge in [-0.2, -0.15) is 4.98 Å². The summed E-state index contributed by atoms with van der Waals surface area (Å²) in [5, 5.41) is 20.1. The molecule has 1 saturated carbocycles. The minimum absolute atomic E-state index is 0.0428. The van der Waals surface area contributed by atoms with Crippen molar-refractivity contribution in [3.63, 3.8) is 0 Å². The number of nitrogens with two attached hydrogens (primary N) is 1. The molecule has 0 aliphatic heterocycles. The summed E-state index contributed by atoms with van der Waals surface area (Å²) in [6.07, 6.45) is 9.26. The number of hydrogen-bond donors (Lipinski definition) is 2. The van der Waals surface area contributed by atoms with E-state index in [2.05, 4.69) is 25.1 Å². The molecule has 2 aromatic rings. The van der Waals surface area contributed by atoms with Gasteiger partial charge in [0.15, 0.2) is 11.5 Å².